The van der Waals surface area contributed by atoms with Gasteiger partial charge in [-0.2, -0.15) is 0 Å². The first-order valence-corrected chi connectivity index (χ1v) is 9.65. The molecule has 3 aromatic carbocycles. The summed E-state index contributed by atoms with van der Waals surface area (Å²) < 4.78 is 0. The molecule has 1 fully saturated rings. The molecule has 0 aromatic heterocycles. The van der Waals surface area contributed by atoms with Crippen molar-refractivity contribution in [2.75, 3.05) is 0 Å². The zero-order valence-corrected chi connectivity index (χ0v) is 16.7. The van der Waals surface area contributed by atoms with Crippen LogP contribution in [0, 0.1) is 0 Å². The predicted molar refractivity (Wildman–Crippen MR) is 112 cm³/mol. The van der Waals surface area contributed by atoms with Gasteiger partial charge in [0.1, 0.15) is 11.8 Å². The van der Waals surface area contributed by atoms with Gasteiger partial charge < -0.3 is 10.4 Å². The van der Waals surface area contributed by atoms with E-state index in [1.165, 1.54) is 4.90 Å². The van der Waals surface area contributed by atoms with E-state index in [1.807, 2.05) is 42.5 Å². The average molecular weight is 388 g/mol. The third kappa shape index (κ3) is 2.89. The lowest BCUT2D eigenvalue weighted by atomic mass is 9.86. The van der Waals surface area contributed by atoms with E-state index in [0.29, 0.717) is 11.1 Å². The van der Waals surface area contributed by atoms with E-state index >= 15 is 0 Å². The van der Waals surface area contributed by atoms with Crippen LogP contribution in [0.5, 0.6) is 0 Å². The molecule has 5 heteroatoms. The number of aliphatic hydroxyl groups excluding tert-OH is 1. The normalized spacial score (nSPS) is 21.8. The summed E-state index contributed by atoms with van der Waals surface area (Å²) in [5, 5.41) is 15.9. The Morgan fingerprint density at radius 1 is 0.931 bits per heavy atom. The van der Waals surface area contributed by atoms with Crippen LogP contribution in [0.3, 0.4) is 0 Å². The van der Waals surface area contributed by atoms with Crippen molar-refractivity contribution in [3.05, 3.63) is 83.9 Å². The third-order valence-corrected chi connectivity index (χ3v) is 5.77. The van der Waals surface area contributed by atoms with Crippen molar-refractivity contribution in [2.45, 2.75) is 38.1 Å². The number of hydrogen-bond donors (Lipinski definition) is 2. The van der Waals surface area contributed by atoms with Crippen LogP contribution in [0.1, 0.15) is 42.8 Å². The monoisotopic (exact) mass is 388 g/mol. The molecule has 1 unspecified atom stereocenters. The highest BCUT2D eigenvalue weighted by Gasteiger charge is 2.60. The number of hydrogen-bond acceptors (Lipinski definition) is 3. The van der Waals surface area contributed by atoms with Crippen LogP contribution in [0.2, 0.25) is 0 Å². The molecule has 4 rings (SSSR count). The van der Waals surface area contributed by atoms with Crippen molar-refractivity contribution in [2.24, 2.45) is 0 Å². The molecule has 1 heterocycles. The van der Waals surface area contributed by atoms with Gasteiger partial charge in [-0.1, -0.05) is 66.7 Å². The molecule has 1 aliphatic heterocycles. The van der Waals surface area contributed by atoms with Crippen LogP contribution in [-0.4, -0.2) is 33.0 Å². The maximum Gasteiger partial charge on any atom is 0.257 e. The number of aliphatic hydroxyl groups is 1. The van der Waals surface area contributed by atoms with E-state index in [0.717, 1.165) is 10.8 Å². The Labute approximate surface area is 170 Å². The first kappa shape index (κ1) is 19.2. The highest BCUT2D eigenvalue weighted by atomic mass is 16.3. The first-order chi connectivity index (χ1) is 13.8. The Kier molecular flexibility index (Phi) is 4.43. The number of benzene rings is 3. The lowest BCUT2D eigenvalue weighted by Gasteiger charge is -2.42. The zero-order chi connectivity index (χ0) is 20.8. The minimum atomic E-state index is -1.46. The first-order valence-electron chi connectivity index (χ1n) is 9.65. The Hall–Kier alpha value is -3.18. The van der Waals surface area contributed by atoms with E-state index in [-0.39, 0.29) is 11.8 Å². The van der Waals surface area contributed by atoms with E-state index in [1.54, 1.807) is 51.1 Å². The van der Waals surface area contributed by atoms with Gasteiger partial charge in [0.15, 0.2) is 5.54 Å². The largest absolute Gasteiger partial charge is 0.385 e. The molecule has 0 spiro atoms. The number of carbonyl (C=O) groups is 2. The summed E-state index contributed by atoms with van der Waals surface area (Å²) in [5.74, 6) is -0.685. The van der Waals surface area contributed by atoms with Crippen molar-refractivity contribution in [1.82, 2.24) is 10.2 Å². The standard InChI is InChI=1S/C24H24N2O3/c1-23(2)25-22(29)24(3,20(27)17-11-5-4-6-12-17)26(23)21(28)19-15-9-13-16-10-7-8-14-18(16)19/h4-15,20,27H,1-3H3,(H,25,29)/t20?,24-/m1/s1. The van der Waals surface area contributed by atoms with E-state index in [9.17, 15) is 14.7 Å². The molecular weight excluding hydrogens is 364 g/mol. The van der Waals surface area contributed by atoms with Crippen molar-refractivity contribution in [1.29, 1.82) is 0 Å². The van der Waals surface area contributed by atoms with Crippen molar-refractivity contribution in [3.8, 4) is 0 Å². The lowest BCUT2D eigenvalue weighted by Crippen LogP contribution is -2.58. The Bertz CT molecular complexity index is 1090. The van der Waals surface area contributed by atoms with Gasteiger partial charge >= 0.3 is 0 Å². The van der Waals surface area contributed by atoms with Gasteiger partial charge in [-0.15, -0.1) is 0 Å². The minimum Gasteiger partial charge on any atom is -0.385 e. The van der Waals surface area contributed by atoms with Gasteiger partial charge in [0.05, 0.1) is 0 Å². The van der Waals surface area contributed by atoms with Crippen LogP contribution in [0.25, 0.3) is 10.8 Å². The molecule has 148 valence electrons. The number of amides is 2. The molecule has 29 heavy (non-hydrogen) atoms. The number of nitrogens with zero attached hydrogens (tertiary/aromatic N) is 1. The summed E-state index contributed by atoms with van der Waals surface area (Å²) in [6.07, 6.45) is -1.18. The third-order valence-electron chi connectivity index (χ3n) is 5.77. The molecule has 3 aromatic rings. The highest BCUT2D eigenvalue weighted by molar-refractivity contribution is 6.10. The second kappa shape index (κ2) is 6.71. The number of fused-ring (bicyclic) bond motifs is 1. The molecule has 1 saturated heterocycles. The fraction of sp³-hybridized carbons (Fsp3) is 0.250. The highest BCUT2D eigenvalue weighted by Crippen LogP contribution is 2.41. The van der Waals surface area contributed by atoms with Gasteiger partial charge in [-0.25, -0.2) is 0 Å². The smallest absolute Gasteiger partial charge is 0.257 e. The summed E-state index contributed by atoms with van der Waals surface area (Å²) in [6, 6.07) is 22.2. The topological polar surface area (TPSA) is 69.6 Å². The quantitative estimate of drug-likeness (QED) is 0.720. The van der Waals surface area contributed by atoms with E-state index < -0.39 is 17.3 Å². The van der Waals surface area contributed by atoms with Crippen LogP contribution in [0.4, 0.5) is 0 Å². The van der Waals surface area contributed by atoms with Gasteiger partial charge in [0, 0.05) is 5.56 Å². The average Bonchev–Trinajstić information content (AvgIpc) is 2.91. The molecule has 2 atom stereocenters. The molecule has 0 saturated carbocycles. The minimum absolute atomic E-state index is 0.303. The Morgan fingerprint density at radius 2 is 1.55 bits per heavy atom. The Morgan fingerprint density at radius 3 is 2.28 bits per heavy atom. The summed E-state index contributed by atoms with van der Waals surface area (Å²) in [5.41, 5.74) is -1.34. The van der Waals surface area contributed by atoms with Crippen LogP contribution in [-0.2, 0) is 4.79 Å². The van der Waals surface area contributed by atoms with Gasteiger partial charge in [0.25, 0.3) is 11.8 Å². The summed E-state index contributed by atoms with van der Waals surface area (Å²) in [6.45, 7) is 5.17. The second-order valence-corrected chi connectivity index (χ2v) is 8.14. The maximum absolute atomic E-state index is 13.8. The summed E-state index contributed by atoms with van der Waals surface area (Å²) in [4.78, 5) is 28.4. The van der Waals surface area contributed by atoms with Crippen LogP contribution < -0.4 is 5.32 Å². The zero-order valence-electron chi connectivity index (χ0n) is 16.7. The summed E-state index contributed by atoms with van der Waals surface area (Å²) >= 11 is 0. The fourth-order valence-corrected chi connectivity index (χ4v) is 4.35. The van der Waals surface area contributed by atoms with Gasteiger partial charge in [-0.3, -0.25) is 14.5 Å². The van der Waals surface area contributed by atoms with Crippen molar-refractivity contribution in [3.63, 3.8) is 0 Å². The van der Waals surface area contributed by atoms with Gasteiger partial charge in [-0.05, 0) is 43.2 Å². The predicted octanol–water partition coefficient (Wildman–Crippen LogP) is 3.64. The Balaban J connectivity index is 1.86. The molecule has 0 aliphatic carbocycles. The second-order valence-electron chi connectivity index (χ2n) is 8.14. The number of rotatable bonds is 3. The maximum atomic E-state index is 13.8. The molecular formula is C24H24N2O3. The number of carbonyl (C=O) groups excluding carboxylic acids is 2. The molecule has 0 radical (unpaired) electrons. The van der Waals surface area contributed by atoms with Crippen molar-refractivity contribution >= 4 is 22.6 Å². The summed E-state index contributed by atoms with van der Waals surface area (Å²) in [7, 11) is 0. The lowest BCUT2D eigenvalue weighted by molar-refractivity contribution is -0.131. The fourth-order valence-electron chi connectivity index (χ4n) is 4.35. The molecule has 0 bridgehead atoms. The van der Waals surface area contributed by atoms with Crippen LogP contribution >= 0.6 is 0 Å². The van der Waals surface area contributed by atoms with E-state index in [2.05, 4.69) is 5.32 Å². The van der Waals surface area contributed by atoms with E-state index in [4.69, 9.17) is 0 Å². The van der Waals surface area contributed by atoms with Crippen LogP contribution in [0.15, 0.2) is 72.8 Å². The SMILES string of the molecule is CC1(C)NC(=O)[C@@](C)(C(O)c2ccccc2)N1C(=O)c1cccc2ccccc12. The molecule has 1 aliphatic rings. The van der Waals surface area contributed by atoms with Gasteiger partial charge in [0.2, 0.25) is 0 Å². The molecule has 2 amide bonds. The molecule has 2 N–H and O–H groups in total. The van der Waals surface area contributed by atoms with Crippen molar-refractivity contribution < 1.29 is 14.7 Å². The number of nitrogens with one attached hydrogen (secondary N) is 1. The molecule has 5 nitrogen and oxygen atoms in total.